The van der Waals surface area contributed by atoms with Gasteiger partial charge in [-0.3, -0.25) is 4.79 Å². The Morgan fingerprint density at radius 3 is 2.86 bits per heavy atom. The molecule has 1 aliphatic rings. The van der Waals surface area contributed by atoms with Gasteiger partial charge >= 0.3 is 0 Å². The molecule has 2 aromatic rings. The lowest BCUT2D eigenvalue weighted by atomic mass is 10.0. The second-order valence-electron chi connectivity index (χ2n) is 6.11. The van der Waals surface area contributed by atoms with Crippen LogP contribution in [0.4, 0.5) is 0 Å². The number of aryl methyl sites for hydroxylation is 1. The number of carbonyl (C=O) groups is 1. The van der Waals surface area contributed by atoms with Crippen LogP contribution in [0.25, 0.3) is 0 Å². The monoisotopic (exact) mass is 382 g/mol. The Hall–Kier alpha value is -3.42. The van der Waals surface area contributed by atoms with Gasteiger partial charge in [-0.25, -0.2) is 4.98 Å². The molecule has 28 heavy (non-hydrogen) atoms. The Balaban J connectivity index is 1.80. The summed E-state index contributed by atoms with van der Waals surface area (Å²) in [5.74, 6) is 0.177. The number of oxime groups is 2. The molecule has 0 saturated heterocycles. The molecule has 1 aromatic carbocycles. The zero-order valence-corrected chi connectivity index (χ0v) is 16.1. The van der Waals surface area contributed by atoms with Crippen LogP contribution in [0, 0.1) is 6.92 Å². The molecule has 1 amide bonds. The van der Waals surface area contributed by atoms with Crippen molar-refractivity contribution in [3.8, 4) is 5.88 Å². The first-order chi connectivity index (χ1) is 13.6. The first-order valence-corrected chi connectivity index (χ1v) is 8.84. The SMILES string of the molecule is CNC(=O)/C(=N/OC)c1ccccc1COc1ncc(C2=NOCC2)cc1C. The molecule has 2 heterocycles. The fourth-order valence-electron chi connectivity index (χ4n) is 2.83. The first kappa shape index (κ1) is 19.3. The number of carbonyl (C=O) groups excluding carboxylic acids is 1. The Morgan fingerprint density at radius 1 is 1.36 bits per heavy atom. The van der Waals surface area contributed by atoms with Crippen molar-refractivity contribution in [1.29, 1.82) is 0 Å². The topological polar surface area (TPSA) is 94.4 Å². The van der Waals surface area contributed by atoms with Crippen LogP contribution in [-0.4, -0.2) is 43.1 Å². The second kappa shape index (κ2) is 8.98. The molecule has 1 aromatic heterocycles. The van der Waals surface area contributed by atoms with E-state index in [0.717, 1.165) is 28.8 Å². The lowest BCUT2D eigenvalue weighted by Gasteiger charge is -2.13. The smallest absolute Gasteiger partial charge is 0.273 e. The summed E-state index contributed by atoms with van der Waals surface area (Å²) in [6.07, 6.45) is 2.50. The van der Waals surface area contributed by atoms with Crippen LogP contribution in [0.3, 0.4) is 0 Å². The minimum absolute atomic E-state index is 0.184. The normalized spacial score (nSPS) is 13.5. The van der Waals surface area contributed by atoms with Crippen LogP contribution in [0.2, 0.25) is 0 Å². The van der Waals surface area contributed by atoms with Gasteiger partial charge in [0.05, 0.1) is 5.71 Å². The van der Waals surface area contributed by atoms with E-state index in [4.69, 9.17) is 14.4 Å². The van der Waals surface area contributed by atoms with E-state index >= 15 is 0 Å². The molecule has 0 radical (unpaired) electrons. The van der Waals surface area contributed by atoms with Crippen molar-refractivity contribution in [3.63, 3.8) is 0 Å². The minimum Gasteiger partial charge on any atom is -0.473 e. The molecule has 0 unspecified atom stereocenters. The van der Waals surface area contributed by atoms with Crippen molar-refractivity contribution in [3.05, 3.63) is 58.8 Å². The molecule has 0 atom stereocenters. The largest absolute Gasteiger partial charge is 0.473 e. The fraction of sp³-hybridized carbons (Fsp3) is 0.300. The highest BCUT2D eigenvalue weighted by molar-refractivity contribution is 6.45. The van der Waals surface area contributed by atoms with Crippen molar-refractivity contribution >= 4 is 17.3 Å². The maximum atomic E-state index is 12.1. The summed E-state index contributed by atoms with van der Waals surface area (Å²) in [5.41, 5.74) is 4.32. The number of amides is 1. The lowest BCUT2D eigenvalue weighted by molar-refractivity contribution is -0.114. The molecule has 8 heteroatoms. The van der Waals surface area contributed by atoms with Gasteiger partial charge in [0, 0.05) is 36.4 Å². The summed E-state index contributed by atoms with van der Waals surface area (Å²) < 4.78 is 5.91. The minimum atomic E-state index is -0.340. The molecule has 3 rings (SSSR count). The van der Waals surface area contributed by atoms with Gasteiger partial charge in [-0.05, 0) is 18.6 Å². The van der Waals surface area contributed by atoms with Crippen molar-refractivity contribution in [2.45, 2.75) is 20.0 Å². The number of nitrogens with zero attached hydrogens (tertiary/aromatic N) is 3. The van der Waals surface area contributed by atoms with Crippen molar-refractivity contribution in [2.24, 2.45) is 10.3 Å². The van der Waals surface area contributed by atoms with Crippen LogP contribution in [-0.2, 0) is 21.1 Å². The number of rotatable bonds is 7. The van der Waals surface area contributed by atoms with Crippen LogP contribution < -0.4 is 10.1 Å². The third-order valence-electron chi connectivity index (χ3n) is 4.23. The van der Waals surface area contributed by atoms with Crippen LogP contribution in [0.5, 0.6) is 5.88 Å². The summed E-state index contributed by atoms with van der Waals surface area (Å²) in [6, 6.07) is 9.35. The number of aromatic nitrogens is 1. The predicted molar refractivity (Wildman–Crippen MR) is 104 cm³/mol. The van der Waals surface area contributed by atoms with E-state index in [1.54, 1.807) is 19.3 Å². The highest BCUT2D eigenvalue weighted by atomic mass is 16.6. The molecule has 0 saturated carbocycles. The molecule has 146 valence electrons. The van der Waals surface area contributed by atoms with E-state index in [2.05, 4.69) is 20.6 Å². The number of likely N-dealkylation sites (N-methyl/N-ethyl adjacent to an activating group) is 1. The predicted octanol–water partition coefficient (Wildman–Crippen LogP) is 2.19. The van der Waals surface area contributed by atoms with Crippen LogP contribution in [0.1, 0.15) is 28.7 Å². The average molecular weight is 382 g/mol. The van der Waals surface area contributed by atoms with E-state index < -0.39 is 0 Å². The van der Waals surface area contributed by atoms with Gasteiger partial charge in [0.15, 0.2) is 5.71 Å². The van der Waals surface area contributed by atoms with Crippen LogP contribution in [0.15, 0.2) is 46.8 Å². The van der Waals surface area contributed by atoms with Crippen LogP contribution >= 0.6 is 0 Å². The molecule has 0 spiro atoms. The quantitative estimate of drug-likeness (QED) is 0.585. The summed E-state index contributed by atoms with van der Waals surface area (Å²) in [4.78, 5) is 26.4. The summed E-state index contributed by atoms with van der Waals surface area (Å²) in [7, 11) is 2.94. The Bertz CT molecular complexity index is 924. The molecule has 8 nitrogen and oxygen atoms in total. The van der Waals surface area contributed by atoms with Gasteiger partial charge in [-0.2, -0.15) is 0 Å². The van der Waals surface area contributed by atoms with Gasteiger partial charge in [0.25, 0.3) is 5.91 Å². The van der Waals surface area contributed by atoms with Gasteiger partial charge in [0.1, 0.15) is 20.3 Å². The third kappa shape index (κ3) is 4.28. The van der Waals surface area contributed by atoms with E-state index in [0.29, 0.717) is 18.1 Å². The molecule has 0 fully saturated rings. The highest BCUT2D eigenvalue weighted by Crippen LogP contribution is 2.21. The first-order valence-electron chi connectivity index (χ1n) is 8.84. The van der Waals surface area contributed by atoms with Gasteiger partial charge in [-0.1, -0.05) is 34.6 Å². The van der Waals surface area contributed by atoms with Crippen molar-refractivity contribution in [2.75, 3.05) is 20.8 Å². The number of pyridine rings is 1. The zero-order chi connectivity index (χ0) is 19.9. The maximum Gasteiger partial charge on any atom is 0.273 e. The fourth-order valence-corrected chi connectivity index (χ4v) is 2.83. The van der Waals surface area contributed by atoms with Gasteiger partial charge in [0.2, 0.25) is 5.88 Å². The molecule has 0 aliphatic carbocycles. The molecule has 1 aliphatic heterocycles. The number of hydrogen-bond acceptors (Lipinski definition) is 7. The summed E-state index contributed by atoms with van der Waals surface area (Å²) in [6.45, 7) is 2.75. The zero-order valence-electron chi connectivity index (χ0n) is 16.1. The van der Waals surface area contributed by atoms with E-state index in [1.165, 1.54) is 7.11 Å². The second-order valence-corrected chi connectivity index (χ2v) is 6.11. The highest BCUT2D eigenvalue weighted by Gasteiger charge is 2.18. The number of ether oxygens (including phenoxy) is 1. The molecule has 1 N–H and O–H groups in total. The summed E-state index contributed by atoms with van der Waals surface area (Å²) >= 11 is 0. The van der Waals surface area contributed by atoms with E-state index in [-0.39, 0.29) is 18.2 Å². The van der Waals surface area contributed by atoms with Crippen molar-refractivity contribution in [1.82, 2.24) is 10.3 Å². The average Bonchev–Trinajstić information content (AvgIpc) is 3.26. The van der Waals surface area contributed by atoms with Crippen molar-refractivity contribution < 1.29 is 19.2 Å². The third-order valence-corrected chi connectivity index (χ3v) is 4.23. The van der Waals surface area contributed by atoms with E-state index in [1.807, 2.05) is 31.2 Å². The standard InChI is InChI=1S/C20H22N4O4/c1-13-10-15(17-8-9-28-23-17)11-22-20(13)27-12-14-6-4-5-7-16(14)18(24-26-3)19(25)21-2/h4-7,10-11H,8-9,12H2,1-3H3,(H,21,25)/b24-18+. The number of benzene rings is 1. The Kier molecular flexibility index (Phi) is 6.21. The van der Waals surface area contributed by atoms with Gasteiger partial charge in [-0.15, -0.1) is 0 Å². The number of nitrogens with one attached hydrogen (secondary N) is 1. The molecular weight excluding hydrogens is 360 g/mol. The maximum absolute atomic E-state index is 12.1. The lowest BCUT2D eigenvalue weighted by Crippen LogP contribution is -2.29. The molecular formula is C20H22N4O4. The number of hydrogen-bond donors (Lipinski definition) is 1. The van der Waals surface area contributed by atoms with E-state index in [9.17, 15) is 4.79 Å². The van der Waals surface area contributed by atoms with Gasteiger partial charge < -0.3 is 19.7 Å². The Labute approximate surface area is 163 Å². The molecule has 0 bridgehead atoms. The Morgan fingerprint density at radius 2 is 2.18 bits per heavy atom. The summed E-state index contributed by atoms with van der Waals surface area (Å²) in [5, 5.41) is 10.4.